The SMILES string of the molecule is Cc1cnc(C(=O)N2C[C@@H](O)[C@H](N3CCN(C)CC3)C2)cn1. The third-order valence-corrected chi connectivity index (χ3v) is 4.55. The lowest BCUT2D eigenvalue weighted by atomic mass is 10.1. The molecule has 2 saturated heterocycles. The number of carbonyl (C=O) groups is 1. The number of aryl methyl sites for hydroxylation is 1. The van der Waals surface area contributed by atoms with E-state index < -0.39 is 6.10 Å². The number of aliphatic hydroxyl groups excluding tert-OH is 1. The minimum atomic E-state index is -0.495. The standard InChI is InChI=1S/C15H23N5O2/c1-11-7-17-12(8-16-11)15(22)20-9-13(14(21)10-20)19-5-3-18(2)4-6-19/h7-8,13-14,21H,3-6,9-10H2,1-2H3/t13-,14-/m1/s1. The first-order valence-corrected chi connectivity index (χ1v) is 7.73. The van der Waals surface area contributed by atoms with Crippen LogP contribution in [0, 0.1) is 6.92 Å². The topological polar surface area (TPSA) is 72.8 Å². The van der Waals surface area contributed by atoms with Gasteiger partial charge in [-0.15, -0.1) is 0 Å². The predicted molar refractivity (Wildman–Crippen MR) is 81.5 cm³/mol. The summed E-state index contributed by atoms with van der Waals surface area (Å²) in [6.07, 6.45) is 2.61. The monoisotopic (exact) mass is 305 g/mol. The molecule has 22 heavy (non-hydrogen) atoms. The third-order valence-electron chi connectivity index (χ3n) is 4.55. The van der Waals surface area contributed by atoms with E-state index in [2.05, 4.69) is 26.8 Å². The van der Waals surface area contributed by atoms with Crippen molar-refractivity contribution in [2.24, 2.45) is 0 Å². The summed E-state index contributed by atoms with van der Waals surface area (Å²) >= 11 is 0. The van der Waals surface area contributed by atoms with E-state index in [1.54, 1.807) is 11.1 Å². The van der Waals surface area contributed by atoms with Crippen LogP contribution < -0.4 is 0 Å². The van der Waals surface area contributed by atoms with Crippen LogP contribution in [0.15, 0.2) is 12.4 Å². The molecule has 3 rings (SSSR count). The maximum absolute atomic E-state index is 12.5. The van der Waals surface area contributed by atoms with E-state index in [1.807, 2.05) is 6.92 Å². The van der Waals surface area contributed by atoms with Gasteiger partial charge in [-0.25, -0.2) is 4.98 Å². The quantitative estimate of drug-likeness (QED) is 0.773. The zero-order valence-corrected chi connectivity index (χ0v) is 13.1. The summed E-state index contributed by atoms with van der Waals surface area (Å²) in [6, 6.07) is 0.0241. The molecule has 0 aliphatic carbocycles. The molecule has 1 amide bonds. The number of amides is 1. The number of hydrogen-bond donors (Lipinski definition) is 1. The number of carbonyl (C=O) groups excluding carboxylic acids is 1. The number of aliphatic hydroxyl groups is 1. The average molecular weight is 305 g/mol. The molecule has 120 valence electrons. The summed E-state index contributed by atoms with van der Waals surface area (Å²) in [5.41, 5.74) is 1.13. The Morgan fingerprint density at radius 1 is 1.18 bits per heavy atom. The summed E-state index contributed by atoms with van der Waals surface area (Å²) in [5.74, 6) is -0.150. The van der Waals surface area contributed by atoms with Gasteiger partial charge in [-0.1, -0.05) is 0 Å². The van der Waals surface area contributed by atoms with Gasteiger partial charge in [-0.2, -0.15) is 0 Å². The van der Waals surface area contributed by atoms with E-state index in [-0.39, 0.29) is 11.9 Å². The van der Waals surface area contributed by atoms with Gasteiger partial charge in [0.25, 0.3) is 5.91 Å². The number of β-amino-alcohol motifs (C(OH)–C–C–N with tert-alkyl or cyclic N) is 1. The Kier molecular flexibility index (Phi) is 4.37. The van der Waals surface area contributed by atoms with Crippen molar-refractivity contribution in [1.29, 1.82) is 0 Å². The van der Waals surface area contributed by atoms with Crippen LogP contribution in [-0.4, -0.2) is 94.1 Å². The lowest BCUT2D eigenvalue weighted by Gasteiger charge is -2.37. The molecular formula is C15H23N5O2. The Morgan fingerprint density at radius 2 is 1.91 bits per heavy atom. The fourth-order valence-corrected chi connectivity index (χ4v) is 3.11. The molecule has 0 radical (unpaired) electrons. The largest absolute Gasteiger partial charge is 0.390 e. The number of hydrogen-bond acceptors (Lipinski definition) is 6. The van der Waals surface area contributed by atoms with Gasteiger partial charge < -0.3 is 14.9 Å². The van der Waals surface area contributed by atoms with Crippen LogP contribution in [-0.2, 0) is 0 Å². The predicted octanol–water partition coefficient (Wildman–Crippen LogP) is -0.782. The Hall–Kier alpha value is -1.57. The summed E-state index contributed by atoms with van der Waals surface area (Å²) in [7, 11) is 2.11. The average Bonchev–Trinajstić information content (AvgIpc) is 2.90. The van der Waals surface area contributed by atoms with Crippen LogP contribution in [0.3, 0.4) is 0 Å². The van der Waals surface area contributed by atoms with Crippen LogP contribution in [0.1, 0.15) is 16.2 Å². The Bertz CT molecular complexity index is 527. The maximum atomic E-state index is 12.5. The van der Waals surface area contributed by atoms with E-state index >= 15 is 0 Å². The highest BCUT2D eigenvalue weighted by Crippen LogP contribution is 2.19. The zero-order valence-electron chi connectivity index (χ0n) is 13.1. The summed E-state index contributed by atoms with van der Waals surface area (Å²) < 4.78 is 0. The fourth-order valence-electron chi connectivity index (χ4n) is 3.11. The minimum Gasteiger partial charge on any atom is -0.390 e. The first-order chi connectivity index (χ1) is 10.5. The van der Waals surface area contributed by atoms with E-state index in [0.29, 0.717) is 18.8 Å². The second-order valence-electron chi connectivity index (χ2n) is 6.23. The maximum Gasteiger partial charge on any atom is 0.274 e. The van der Waals surface area contributed by atoms with Crippen LogP contribution in [0.2, 0.25) is 0 Å². The second kappa shape index (κ2) is 6.28. The number of rotatable bonds is 2. The first kappa shape index (κ1) is 15.3. The van der Waals surface area contributed by atoms with Crippen molar-refractivity contribution < 1.29 is 9.90 Å². The van der Waals surface area contributed by atoms with Gasteiger partial charge in [0.1, 0.15) is 5.69 Å². The molecule has 0 saturated carbocycles. The Balaban J connectivity index is 1.65. The minimum absolute atomic E-state index is 0.0241. The normalized spacial score (nSPS) is 27.3. The van der Waals surface area contributed by atoms with Crippen molar-refractivity contribution in [3.05, 3.63) is 23.8 Å². The number of likely N-dealkylation sites (N-methyl/N-ethyl adjacent to an activating group) is 1. The third kappa shape index (κ3) is 3.11. The molecule has 0 unspecified atom stereocenters. The second-order valence-corrected chi connectivity index (χ2v) is 6.23. The van der Waals surface area contributed by atoms with Gasteiger partial charge in [0.05, 0.1) is 24.0 Å². The highest BCUT2D eigenvalue weighted by atomic mass is 16.3. The van der Waals surface area contributed by atoms with Crippen LogP contribution in [0.4, 0.5) is 0 Å². The number of aromatic nitrogens is 2. The van der Waals surface area contributed by atoms with Crippen molar-refractivity contribution in [1.82, 2.24) is 24.7 Å². The highest BCUT2D eigenvalue weighted by molar-refractivity contribution is 5.92. The van der Waals surface area contributed by atoms with Crippen molar-refractivity contribution in [2.75, 3.05) is 46.3 Å². The molecule has 0 aromatic carbocycles. The van der Waals surface area contributed by atoms with Gasteiger partial charge in [0.2, 0.25) is 0 Å². The molecule has 0 bridgehead atoms. The van der Waals surface area contributed by atoms with Gasteiger partial charge in [0.15, 0.2) is 0 Å². The molecule has 7 heteroatoms. The van der Waals surface area contributed by atoms with Crippen LogP contribution >= 0.6 is 0 Å². The van der Waals surface area contributed by atoms with Crippen LogP contribution in [0.25, 0.3) is 0 Å². The first-order valence-electron chi connectivity index (χ1n) is 7.73. The summed E-state index contributed by atoms with van der Waals surface area (Å²) in [6.45, 7) is 6.63. The molecule has 1 N–H and O–H groups in total. The molecule has 3 heterocycles. The highest BCUT2D eigenvalue weighted by Gasteiger charge is 2.38. The number of nitrogens with zero attached hydrogens (tertiary/aromatic N) is 5. The van der Waals surface area contributed by atoms with Crippen molar-refractivity contribution in [3.8, 4) is 0 Å². The molecule has 1 aromatic rings. The van der Waals surface area contributed by atoms with Crippen LogP contribution in [0.5, 0.6) is 0 Å². The Morgan fingerprint density at radius 3 is 2.55 bits per heavy atom. The zero-order chi connectivity index (χ0) is 15.7. The lowest BCUT2D eigenvalue weighted by Crippen LogP contribution is -2.52. The summed E-state index contributed by atoms with van der Waals surface area (Å²) in [5, 5.41) is 10.3. The summed E-state index contributed by atoms with van der Waals surface area (Å²) in [4.78, 5) is 27.0. The Labute approximate surface area is 130 Å². The fraction of sp³-hybridized carbons (Fsp3) is 0.667. The van der Waals surface area contributed by atoms with Gasteiger partial charge in [-0.05, 0) is 14.0 Å². The smallest absolute Gasteiger partial charge is 0.274 e. The van der Waals surface area contributed by atoms with E-state index in [0.717, 1.165) is 31.9 Å². The van der Waals surface area contributed by atoms with Gasteiger partial charge in [0, 0.05) is 45.5 Å². The van der Waals surface area contributed by atoms with E-state index in [4.69, 9.17) is 0 Å². The van der Waals surface area contributed by atoms with E-state index in [1.165, 1.54) is 6.20 Å². The van der Waals surface area contributed by atoms with Crippen molar-refractivity contribution >= 4 is 5.91 Å². The van der Waals surface area contributed by atoms with Gasteiger partial charge >= 0.3 is 0 Å². The number of piperazine rings is 1. The lowest BCUT2D eigenvalue weighted by molar-refractivity contribution is 0.0512. The number of likely N-dealkylation sites (tertiary alicyclic amines) is 1. The van der Waals surface area contributed by atoms with E-state index in [9.17, 15) is 9.90 Å². The molecule has 1 aromatic heterocycles. The molecular weight excluding hydrogens is 282 g/mol. The molecule has 0 spiro atoms. The van der Waals surface area contributed by atoms with Crippen molar-refractivity contribution in [2.45, 2.75) is 19.1 Å². The van der Waals surface area contributed by atoms with Crippen molar-refractivity contribution in [3.63, 3.8) is 0 Å². The molecule has 2 aliphatic rings. The van der Waals surface area contributed by atoms with Gasteiger partial charge in [-0.3, -0.25) is 14.7 Å². The molecule has 2 atom stereocenters. The molecule has 2 aliphatic heterocycles. The molecule has 7 nitrogen and oxygen atoms in total. The molecule has 2 fully saturated rings.